The Morgan fingerprint density at radius 3 is 2.52 bits per heavy atom. The van der Waals surface area contributed by atoms with Crippen molar-refractivity contribution in [3.05, 3.63) is 39.7 Å². The van der Waals surface area contributed by atoms with Gasteiger partial charge in [-0.15, -0.1) is 0 Å². The molecule has 4 rings (SSSR count). The molecule has 3 aromatic rings. The summed E-state index contributed by atoms with van der Waals surface area (Å²) in [7, 11) is 3.35. The van der Waals surface area contributed by atoms with E-state index in [2.05, 4.69) is 42.6 Å². The van der Waals surface area contributed by atoms with Gasteiger partial charge in [-0.05, 0) is 70.4 Å². The minimum absolute atomic E-state index is 0.166. The van der Waals surface area contributed by atoms with Gasteiger partial charge in [0.15, 0.2) is 0 Å². The van der Waals surface area contributed by atoms with Crippen LogP contribution >= 0.6 is 27.5 Å². The van der Waals surface area contributed by atoms with Gasteiger partial charge >= 0.3 is 0 Å². The monoisotopic (exact) mass is 450 g/mol. The number of nitrogens with two attached hydrogens (primary N) is 1. The second kappa shape index (κ2) is 7.20. The Hall–Kier alpha value is -1.99. The number of hydrogen-bond acceptors (Lipinski definition) is 5. The molecule has 1 aliphatic rings. The molecule has 1 fully saturated rings. The number of halogens is 2. The fraction of sp³-hybridized carbons (Fsp3) is 0.368. The number of benzene rings is 1. The molecule has 2 heterocycles. The highest BCUT2D eigenvalue weighted by Crippen LogP contribution is 2.45. The normalized spacial score (nSPS) is 19.6. The fourth-order valence-electron chi connectivity index (χ4n) is 3.96. The van der Waals surface area contributed by atoms with E-state index in [-0.39, 0.29) is 5.28 Å². The molecule has 142 valence electrons. The van der Waals surface area contributed by atoms with Crippen molar-refractivity contribution in [3.63, 3.8) is 0 Å². The molecule has 2 N–H and O–H groups in total. The van der Waals surface area contributed by atoms with Crippen LogP contribution in [-0.4, -0.2) is 28.8 Å². The van der Waals surface area contributed by atoms with Crippen molar-refractivity contribution < 1.29 is 9.47 Å². The Bertz CT molecular complexity index is 985. The van der Waals surface area contributed by atoms with E-state index in [1.807, 2.05) is 12.3 Å². The first-order chi connectivity index (χ1) is 13.0. The number of rotatable bonds is 4. The Kier molecular flexibility index (Phi) is 4.90. The predicted molar refractivity (Wildman–Crippen MR) is 110 cm³/mol. The second-order valence-corrected chi connectivity index (χ2v) is 7.96. The van der Waals surface area contributed by atoms with Crippen LogP contribution in [0.15, 0.2) is 28.9 Å². The quantitative estimate of drug-likeness (QED) is 0.568. The van der Waals surface area contributed by atoms with Crippen molar-refractivity contribution in [2.24, 2.45) is 0 Å². The van der Waals surface area contributed by atoms with Crippen LogP contribution in [0, 0.1) is 0 Å². The lowest BCUT2D eigenvalue weighted by atomic mass is 9.97. The summed E-state index contributed by atoms with van der Waals surface area (Å²) in [6.45, 7) is 0. The van der Waals surface area contributed by atoms with Gasteiger partial charge in [-0.3, -0.25) is 0 Å². The van der Waals surface area contributed by atoms with E-state index in [0.717, 1.165) is 46.3 Å². The molecule has 6 nitrogen and oxygen atoms in total. The van der Waals surface area contributed by atoms with Gasteiger partial charge in [0.05, 0.1) is 19.6 Å². The van der Waals surface area contributed by atoms with Gasteiger partial charge in [-0.2, -0.15) is 4.98 Å². The van der Waals surface area contributed by atoms with Crippen molar-refractivity contribution in [1.29, 1.82) is 0 Å². The standard InChI is InChI=1S/C19H20BrClN4O2/c1-26-13-6-11(7-14(8-13)27-2)10-3-4-12(5-10)25-9-15(20)16-17(22)23-19(21)24-18(16)25/h6-10,12H,3-5H2,1-2H3,(H2,22,23,24). The minimum Gasteiger partial charge on any atom is -0.497 e. The third-order valence-corrected chi connectivity index (χ3v) is 6.04. The van der Waals surface area contributed by atoms with Crippen LogP contribution in [0.2, 0.25) is 5.28 Å². The van der Waals surface area contributed by atoms with E-state index in [4.69, 9.17) is 26.8 Å². The lowest BCUT2D eigenvalue weighted by Crippen LogP contribution is -2.06. The zero-order valence-corrected chi connectivity index (χ0v) is 17.4. The fourth-order valence-corrected chi connectivity index (χ4v) is 4.73. The molecule has 1 aliphatic carbocycles. The van der Waals surface area contributed by atoms with Crippen LogP contribution in [0.3, 0.4) is 0 Å². The average Bonchev–Trinajstić information content (AvgIpc) is 3.26. The van der Waals surface area contributed by atoms with Gasteiger partial charge in [0.1, 0.15) is 23.0 Å². The van der Waals surface area contributed by atoms with Crippen LogP contribution in [0.4, 0.5) is 5.82 Å². The van der Waals surface area contributed by atoms with Gasteiger partial charge in [-0.25, -0.2) is 4.98 Å². The highest BCUT2D eigenvalue weighted by Gasteiger charge is 2.30. The molecule has 0 amide bonds. The summed E-state index contributed by atoms with van der Waals surface area (Å²) in [6, 6.07) is 6.40. The topological polar surface area (TPSA) is 75.2 Å². The third kappa shape index (κ3) is 3.34. The van der Waals surface area contributed by atoms with E-state index < -0.39 is 0 Å². The van der Waals surface area contributed by atoms with Crippen molar-refractivity contribution >= 4 is 44.4 Å². The molecule has 2 atom stereocenters. The lowest BCUT2D eigenvalue weighted by Gasteiger charge is -2.16. The molecule has 1 saturated carbocycles. The largest absolute Gasteiger partial charge is 0.497 e. The molecule has 8 heteroatoms. The van der Waals surface area contributed by atoms with Crippen LogP contribution in [0.5, 0.6) is 11.5 Å². The molecule has 27 heavy (non-hydrogen) atoms. The number of anilines is 1. The smallest absolute Gasteiger partial charge is 0.226 e. The summed E-state index contributed by atoms with van der Waals surface area (Å²) in [5.41, 5.74) is 8.05. The molecule has 1 aromatic carbocycles. The first-order valence-electron chi connectivity index (χ1n) is 8.72. The predicted octanol–water partition coefficient (Wildman–Crippen LogP) is 4.96. The number of hydrogen-bond donors (Lipinski definition) is 1. The second-order valence-electron chi connectivity index (χ2n) is 6.77. The van der Waals surface area contributed by atoms with Crippen molar-refractivity contribution in [2.45, 2.75) is 31.2 Å². The Labute approximate surface area is 170 Å². The zero-order valence-electron chi connectivity index (χ0n) is 15.1. The average molecular weight is 452 g/mol. The van der Waals surface area contributed by atoms with Gasteiger partial charge in [0.2, 0.25) is 5.28 Å². The van der Waals surface area contributed by atoms with Crippen molar-refractivity contribution in [3.8, 4) is 11.5 Å². The van der Waals surface area contributed by atoms with Gasteiger partial charge in [0.25, 0.3) is 0 Å². The SMILES string of the molecule is COc1cc(OC)cc(C2CCC(n3cc(Br)c4c(N)nc(Cl)nc43)C2)c1. The summed E-state index contributed by atoms with van der Waals surface area (Å²) >= 11 is 9.63. The molecular formula is C19H20BrClN4O2. The lowest BCUT2D eigenvalue weighted by molar-refractivity contribution is 0.392. The van der Waals surface area contributed by atoms with Crippen LogP contribution in [0.1, 0.15) is 36.8 Å². The number of aromatic nitrogens is 3. The number of nitrogens with zero attached hydrogens (tertiary/aromatic N) is 3. The van der Waals surface area contributed by atoms with Crippen molar-refractivity contribution in [2.75, 3.05) is 20.0 Å². The molecule has 0 aliphatic heterocycles. The van der Waals surface area contributed by atoms with E-state index in [1.165, 1.54) is 5.56 Å². The summed E-state index contributed by atoms with van der Waals surface area (Å²) in [4.78, 5) is 8.49. The zero-order chi connectivity index (χ0) is 19.1. The first kappa shape index (κ1) is 18.4. The van der Waals surface area contributed by atoms with Gasteiger partial charge in [0, 0.05) is 22.8 Å². The van der Waals surface area contributed by atoms with Crippen LogP contribution < -0.4 is 15.2 Å². The summed E-state index contributed by atoms with van der Waals surface area (Å²) < 4.78 is 13.9. The summed E-state index contributed by atoms with van der Waals surface area (Å²) in [5.74, 6) is 2.44. The third-order valence-electron chi connectivity index (χ3n) is 5.27. The molecule has 0 bridgehead atoms. The molecular weight excluding hydrogens is 432 g/mol. The van der Waals surface area contributed by atoms with E-state index in [9.17, 15) is 0 Å². The molecule has 2 unspecified atom stereocenters. The molecule has 0 spiro atoms. The van der Waals surface area contributed by atoms with Crippen LogP contribution in [0.25, 0.3) is 11.0 Å². The first-order valence-corrected chi connectivity index (χ1v) is 9.89. The van der Waals surface area contributed by atoms with Gasteiger partial charge in [-0.1, -0.05) is 0 Å². The number of nitrogen functional groups attached to an aromatic ring is 1. The Morgan fingerprint density at radius 2 is 1.85 bits per heavy atom. The summed E-state index contributed by atoms with van der Waals surface area (Å²) in [6.07, 6.45) is 5.15. The Balaban J connectivity index is 1.67. The van der Waals surface area contributed by atoms with E-state index in [0.29, 0.717) is 17.8 Å². The molecule has 0 radical (unpaired) electrons. The van der Waals surface area contributed by atoms with E-state index >= 15 is 0 Å². The van der Waals surface area contributed by atoms with E-state index in [1.54, 1.807) is 14.2 Å². The maximum atomic E-state index is 6.05. The minimum atomic E-state index is 0.166. The number of fused-ring (bicyclic) bond motifs is 1. The maximum absolute atomic E-state index is 6.05. The van der Waals surface area contributed by atoms with Crippen molar-refractivity contribution in [1.82, 2.24) is 14.5 Å². The number of ether oxygens (including phenoxy) is 2. The Morgan fingerprint density at radius 1 is 1.15 bits per heavy atom. The maximum Gasteiger partial charge on any atom is 0.226 e. The highest BCUT2D eigenvalue weighted by molar-refractivity contribution is 9.10. The van der Waals surface area contributed by atoms with Crippen LogP contribution in [-0.2, 0) is 0 Å². The summed E-state index contributed by atoms with van der Waals surface area (Å²) in [5, 5.41) is 0.977. The van der Waals surface area contributed by atoms with Gasteiger partial charge < -0.3 is 19.8 Å². The number of methoxy groups -OCH3 is 2. The molecule has 2 aromatic heterocycles. The highest BCUT2D eigenvalue weighted by atomic mass is 79.9. The molecule has 0 saturated heterocycles.